The summed E-state index contributed by atoms with van der Waals surface area (Å²) in [6, 6.07) is 0. The third kappa shape index (κ3) is 4.32. The minimum atomic E-state index is -0.845. The highest BCUT2D eigenvalue weighted by Crippen LogP contribution is 1.76. The summed E-state index contributed by atoms with van der Waals surface area (Å²) in [6.07, 6.45) is 0. The summed E-state index contributed by atoms with van der Waals surface area (Å²) in [5.74, 6) is -1.57. The predicted molar refractivity (Wildman–Crippen MR) is 38.7 cm³/mol. The molecule has 0 saturated carbocycles. The Morgan fingerprint density at radius 2 is 2.09 bits per heavy atom. The van der Waals surface area contributed by atoms with Crippen molar-refractivity contribution in [1.82, 2.24) is 10.6 Å². The van der Waals surface area contributed by atoms with Gasteiger partial charge >= 0.3 is 11.9 Å². The zero-order chi connectivity index (χ0) is 8.69. The quantitative estimate of drug-likeness (QED) is 0.310. The van der Waals surface area contributed by atoms with Crippen molar-refractivity contribution in [3.8, 4) is 0 Å². The Labute approximate surface area is 65.1 Å². The van der Waals surface area contributed by atoms with Crippen LogP contribution in [0.5, 0.6) is 0 Å². The van der Waals surface area contributed by atoms with Crippen molar-refractivity contribution in [3.05, 3.63) is 0 Å². The largest absolute Gasteiger partial charge is 0.459 e. The summed E-state index contributed by atoms with van der Waals surface area (Å²) in [4.78, 5) is 21.3. The van der Waals surface area contributed by atoms with Gasteiger partial charge < -0.3 is 15.4 Å². The molecule has 5 nitrogen and oxygen atoms in total. The molecule has 2 N–H and O–H groups in total. The topological polar surface area (TPSA) is 67.4 Å². The van der Waals surface area contributed by atoms with Crippen molar-refractivity contribution in [2.75, 3.05) is 20.3 Å². The van der Waals surface area contributed by atoms with Gasteiger partial charge in [0.15, 0.2) is 0 Å². The van der Waals surface area contributed by atoms with E-state index in [-0.39, 0.29) is 13.3 Å². The van der Waals surface area contributed by atoms with Crippen LogP contribution >= 0.6 is 0 Å². The van der Waals surface area contributed by atoms with Crippen LogP contribution in [-0.2, 0) is 14.3 Å². The van der Waals surface area contributed by atoms with Crippen LogP contribution in [0, 0.1) is 0 Å². The van der Waals surface area contributed by atoms with E-state index in [0.717, 1.165) is 0 Å². The number of ether oxygens (including phenoxy) is 1. The molecule has 0 aromatic carbocycles. The Morgan fingerprint density at radius 3 is 2.55 bits per heavy atom. The Kier molecular flexibility index (Phi) is 5.10. The molecule has 0 aliphatic carbocycles. The van der Waals surface area contributed by atoms with Crippen molar-refractivity contribution < 1.29 is 14.3 Å². The summed E-state index contributed by atoms with van der Waals surface area (Å²) in [5, 5.41) is 4.95. The molecule has 0 bridgehead atoms. The van der Waals surface area contributed by atoms with Gasteiger partial charge in [-0.05, 0) is 14.0 Å². The molecule has 0 heterocycles. The van der Waals surface area contributed by atoms with Gasteiger partial charge in [0.2, 0.25) is 0 Å². The molecule has 0 aliphatic heterocycles. The van der Waals surface area contributed by atoms with Gasteiger partial charge in [-0.25, -0.2) is 4.79 Å². The first-order valence-corrected chi connectivity index (χ1v) is 3.32. The molecule has 0 unspecified atom stereocenters. The normalized spacial score (nSPS) is 8.91. The lowest BCUT2D eigenvalue weighted by Gasteiger charge is -2.02. The van der Waals surface area contributed by atoms with Gasteiger partial charge in [-0.1, -0.05) is 0 Å². The summed E-state index contributed by atoms with van der Waals surface area (Å²) in [5.41, 5.74) is 0. The molecule has 11 heavy (non-hydrogen) atoms. The van der Waals surface area contributed by atoms with Crippen LogP contribution in [0.2, 0.25) is 0 Å². The van der Waals surface area contributed by atoms with Gasteiger partial charge in [0.05, 0.1) is 13.3 Å². The van der Waals surface area contributed by atoms with Crippen LogP contribution in [0.4, 0.5) is 0 Å². The van der Waals surface area contributed by atoms with Crippen molar-refractivity contribution in [1.29, 1.82) is 0 Å². The Hall–Kier alpha value is -1.10. The summed E-state index contributed by atoms with van der Waals surface area (Å²) >= 11 is 0. The number of carbonyl (C=O) groups is 2. The number of rotatable bonds is 3. The van der Waals surface area contributed by atoms with Gasteiger partial charge in [0, 0.05) is 0 Å². The van der Waals surface area contributed by atoms with Crippen LogP contribution in [0.25, 0.3) is 0 Å². The monoisotopic (exact) mass is 160 g/mol. The lowest BCUT2D eigenvalue weighted by molar-refractivity contribution is -0.154. The van der Waals surface area contributed by atoms with E-state index in [1.807, 2.05) is 0 Å². The SMILES string of the molecule is CCOC(=O)C(=O)NCNC. The number of hydrogen-bond acceptors (Lipinski definition) is 4. The molecule has 0 aromatic heterocycles. The average molecular weight is 160 g/mol. The van der Waals surface area contributed by atoms with E-state index in [9.17, 15) is 9.59 Å². The summed E-state index contributed by atoms with van der Waals surface area (Å²) in [6.45, 7) is 2.12. The van der Waals surface area contributed by atoms with Crippen LogP contribution < -0.4 is 10.6 Å². The lowest BCUT2D eigenvalue weighted by Crippen LogP contribution is -2.37. The molecule has 64 valence electrons. The van der Waals surface area contributed by atoms with Gasteiger partial charge in [-0.3, -0.25) is 4.79 Å². The minimum Gasteiger partial charge on any atom is -0.459 e. The number of nitrogens with one attached hydrogen (secondary N) is 2. The standard InChI is InChI=1S/C6H12N2O3/c1-3-11-6(10)5(9)8-4-7-2/h7H,3-4H2,1-2H3,(H,8,9). The number of hydrogen-bond donors (Lipinski definition) is 2. The number of amides is 1. The first-order valence-electron chi connectivity index (χ1n) is 3.32. The fourth-order valence-electron chi connectivity index (χ4n) is 0.437. The van der Waals surface area contributed by atoms with E-state index in [2.05, 4.69) is 15.4 Å². The zero-order valence-corrected chi connectivity index (χ0v) is 6.64. The van der Waals surface area contributed by atoms with Crippen molar-refractivity contribution in [2.24, 2.45) is 0 Å². The van der Waals surface area contributed by atoms with E-state index in [1.165, 1.54) is 0 Å². The molecular formula is C6H12N2O3. The van der Waals surface area contributed by atoms with Crippen molar-refractivity contribution in [2.45, 2.75) is 6.92 Å². The lowest BCUT2D eigenvalue weighted by atomic mass is 10.6. The Balaban J connectivity index is 3.56. The molecule has 5 heteroatoms. The van der Waals surface area contributed by atoms with Gasteiger partial charge in [0.25, 0.3) is 0 Å². The van der Waals surface area contributed by atoms with Crippen molar-refractivity contribution >= 4 is 11.9 Å². The number of esters is 1. The minimum absolute atomic E-state index is 0.214. The fraction of sp³-hybridized carbons (Fsp3) is 0.667. The Morgan fingerprint density at radius 1 is 1.45 bits per heavy atom. The van der Waals surface area contributed by atoms with Crippen LogP contribution in [0.15, 0.2) is 0 Å². The number of carbonyl (C=O) groups excluding carboxylic acids is 2. The average Bonchev–Trinajstić information content (AvgIpc) is 2.00. The van der Waals surface area contributed by atoms with E-state index >= 15 is 0 Å². The molecule has 0 atom stereocenters. The molecule has 0 aliphatic rings. The highest BCUT2D eigenvalue weighted by molar-refractivity contribution is 6.32. The maximum absolute atomic E-state index is 10.7. The van der Waals surface area contributed by atoms with Crippen LogP contribution in [0.3, 0.4) is 0 Å². The molecule has 0 radical (unpaired) electrons. The second-order valence-corrected chi connectivity index (χ2v) is 1.76. The summed E-state index contributed by atoms with van der Waals surface area (Å²) in [7, 11) is 1.66. The maximum atomic E-state index is 10.7. The third-order valence-corrected chi connectivity index (χ3v) is 0.887. The van der Waals surface area contributed by atoms with E-state index in [0.29, 0.717) is 0 Å². The van der Waals surface area contributed by atoms with Gasteiger partial charge in [0.1, 0.15) is 0 Å². The van der Waals surface area contributed by atoms with Crippen LogP contribution in [-0.4, -0.2) is 32.2 Å². The van der Waals surface area contributed by atoms with E-state index in [4.69, 9.17) is 0 Å². The first kappa shape index (κ1) is 9.90. The molecule has 0 rings (SSSR count). The Bertz CT molecular complexity index is 147. The van der Waals surface area contributed by atoms with Crippen LogP contribution in [0.1, 0.15) is 6.92 Å². The molecular weight excluding hydrogens is 148 g/mol. The first-order chi connectivity index (χ1) is 5.22. The highest BCUT2D eigenvalue weighted by atomic mass is 16.5. The molecule has 0 saturated heterocycles. The summed E-state index contributed by atoms with van der Waals surface area (Å²) < 4.78 is 4.42. The van der Waals surface area contributed by atoms with E-state index < -0.39 is 11.9 Å². The molecule has 0 aromatic rings. The molecule has 0 spiro atoms. The maximum Gasteiger partial charge on any atom is 0.396 e. The van der Waals surface area contributed by atoms with Gasteiger partial charge in [-0.2, -0.15) is 0 Å². The van der Waals surface area contributed by atoms with E-state index in [1.54, 1.807) is 14.0 Å². The van der Waals surface area contributed by atoms with Gasteiger partial charge in [-0.15, -0.1) is 0 Å². The fourth-order valence-corrected chi connectivity index (χ4v) is 0.437. The molecule has 1 amide bonds. The smallest absolute Gasteiger partial charge is 0.396 e. The highest BCUT2D eigenvalue weighted by Gasteiger charge is 2.12. The second-order valence-electron chi connectivity index (χ2n) is 1.76. The molecule has 0 fully saturated rings. The van der Waals surface area contributed by atoms with Crippen molar-refractivity contribution in [3.63, 3.8) is 0 Å². The third-order valence-electron chi connectivity index (χ3n) is 0.887. The second kappa shape index (κ2) is 5.67. The zero-order valence-electron chi connectivity index (χ0n) is 6.64. The predicted octanol–water partition coefficient (Wildman–Crippen LogP) is -1.16.